The zero-order chi connectivity index (χ0) is 22.6. The fourth-order valence-electron chi connectivity index (χ4n) is 3.32. The second-order valence-electron chi connectivity index (χ2n) is 7.69. The molecule has 2 aromatic rings. The molecule has 31 heavy (non-hydrogen) atoms. The van der Waals surface area contributed by atoms with E-state index < -0.39 is 0 Å². The van der Waals surface area contributed by atoms with Gasteiger partial charge in [0.05, 0.1) is 5.70 Å². The van der Waals surface area contributed by atoms with Gasteiger partial charge in [0.15, 0.2) is 5.82 Å². The van der Waals surface area contributed by atoms with Crippen LogP contribution in [0.4, 0.5) is 5.82 Å². The van der Waals surface area contributed by atoms with Gasteiger partial charge in [-0.05, 0) is 42.6 Å². The average Bonchev–Trinajstić information content (AvgIpc) is 3.16. The number of unbranched alkanes of at least 4 members (excludes halogenated alkanes) is 2. The fraction of sp³-hybridized carbons (Fsp3) is 0.400. The number of nitrogens with one attached hydrogen (secondary N) is 2. The van der Waals surface area contributed by atoms with Crippen molar-refractivity contribution in [2.45, 2.75) is 39.0 Å². The number of hydrogen-bond acceptors (Lipinski definition) is 4. The minimum atomic E-state index is 0.356. The van der Waals surface area contributed by atoms with Gasteiger partial charge in [-0.15, -0.1) is 0 Å². The van der Waals surface area contributed by atoms with Gasteiger partial charge in [0.25, 0.3) is 0 Å². The molecule has 0 bridgehead atoms. The largest absolute Gasteiger partial charge is 0.387 e. The molecule has 2 N–H and O–H groups in total. The van der Waals surface area contributed by atoms with Crippen molar-refractivity contribution >= 4 is 23.1 Å². The third kappa shape index (κ3) is 7.83. The molecule has 6 heteroatoms. The van der Waals surface area contributed by atoms with Crippen LogP contribution >= 0.6 is 11.6 Å². The number of rotatable bonds is 15. The number of aromatic nitrogens is 2. The SMILES string of the molecule is C=CN(CCCCC)c1nc(Cl)[nH]c1C(=C)N(C)CCNC(=C)CCc1ccccc1. The molecule has 1 aromatic carbocycles. The molecule has 1 heterocycles. The zero-order valence-electron chi connectivity index (χ0n) is 19.0. The van der Waals surface area contributed by atoms with Gasteiger partial charge in [-0.25, -0.2) is 0 Å². The van der Waals surface area contributed by atoms with E-state index in [0.29, 0.717) is 5.28 Å². The molecule has 1 aromatic heterocycles. The van der Waals surface area contributed by atoms with E-state index >= 15 is 0 Å². The lowest BCUT2D eigenvalue weighted by atomic mass is 10.1. The van der Waals surface area contributed by atoms with Gasteiger partial charge in [-0.2, -0.15) is 4.98 Å². The number of aromatic amines is 1. The molecule has 0 aliphatic heterocycles. The van der Waals surface area contributed by atoms with Crippen LogP contribution in [-0.4, -0.2) is 41.5 Å². The maximum Gasteiger partial charge on any atom is 0.202 e. The summed E-state index contributed by atoms with van der Waals surface area (Å²) in [5.74, 6) is 0.771. The predicted molar refractivity (Wildman–Crippen MR) is 134 cm³/mol. The number of allylic oxidation sites excluding steroid dienone is 1. The van der Waals surface area contributed by atoms with Crippen LogP contribution in [0.3, 0.4) is 0 Å². The van der Waals surface area contributed by atoms with E-state index in [2.05, 4.69) is 71.1 Å². The van der Waals surface area contributed by atoms with E-state index in [1.807, 2.05) is 18.0 Å². The maximum atomic E-state index is 6.20. The molecule has 0 atom stereocenters. The highest BCUT2D eigenvalue weighted by atomic mass is 35.5. The van der Waals surface area contributed by atoms with Crippen LogP contribution in [0.25, 0.3) is 5.70 Å². The van der Waals surface area contributed by atoms with Crippen molar-refractivity contribution in [2.75, 3.05) is 31.6 Å². The maximum absolute atomic E-state index is 6.20. The van der Waals surface area contributed by atoms with Crippen molar-refractivity contribution in [3.05, 3.63) is 78.5 Å². The zero-order valence-corrected chi connectivity index (χ0v) is 19.7. The van der Waals surface area contributed by atoms with Crippen LogP contribution in [0.5, 0.6) is 0 Å². The quantitative estimate of drug-likeness (QED) is 0.341. The summed E-state index contributed by atoms with van der Waals surface area (Å²) in [4.78, 5) is 11.8. The highest BCUT2D eigenvalue weighted by molar-refractivity contribution is 6.28. The van der Waals surface area contributed by atoms with Gasteiger partial charge in [0.2, 0.25) is 5.28 Å². The standard InChI is InChI=1S/C25H36ClN5/c1-6-8-12-18-31(7-2)24-23(28-25(26)29-24)21(4)30(5)19-17-27-20(3)15-16-22-13-10-9-11-14-22/h7,9-11,13-14,27H,2-4,6,8,12,15-19H2,1,5H3,(H,28,29). The summed E-state index contributed by atoms with van der Waals surface area (Å²) in [6.45, 7) is 17.0. The van der Waals surface area contributed by atoms with Crippen molar-refractivity contribution in [2.24, 2.45) is 0 Å². The fourth-order valence-corrected chi connectivity index (χ4v) is 3.49. The molecule has 168 valence electrons. The lowest BCUT2D eigenvalue weighted by Crippen LogP contribution is -2.28. The van der Waals surface area contributed by atoms with Crippen LogP contribution < -0.4 is 10.2 Å². The summed E-state index contributed by atoms with van der Waals surface area (Å²) in [5.41, 5.74) is 4.03. The van der Waals surface area contributed by atoms with Gasteiger partial charge in [-0.3, -0.25) is 0 Å². The number of halogens is 1. The number of anilines is 1. The minimum Gasteiger partial charge on any atom is -0.387 e. The Morgan fingerprint density at radius 2 is 1.94 bits per heavy atom. The normalized spacial score (nSPS) is 10.5. The molecule has 0 unspecified atom stereocenters. The van der Waals surface area contributed by atoms with Crippen molar-refractivity contribution in [3.63, 3.8) is 0 Å². The number of likely N-dealkylation sites (N-methyl/N-ethyl adjacent to an activating group) is 1. The number of hydrogen-bond donors (Lipinski definition) is 2. The van der Waals surface area contributed by atoms with E-state index in [4.69, 9.17) is 11.6 Å². The minimum absolute atomic E-state index is 0.356. The van der Waals surface area contributed by atoms with Crippen LogP contribution in [0.1, 0.15) is 43.9 Å². The molecule has 0 radical (unpaired) electrons. The third-order valence-electron chi connectivity index (χ3n) is 5.28. The van der Waals surface area contributed by atoms with E-state index in [1.54, 1.807) is 6.20 Å². The Hall–Kier alpha value is -2.66. The first-order chi connectivity index (χ1) is 15.0. The second-order valence-corrected chi connectivity index (χ2v) is 8.05. The van der Waals surface area contributed by atoms with Gasteiger partial charge in [0.1, 0.15) is 5.69 Å². The Morgan fingerprint density at radius 3 is 2.61 bits per heavy atom. The molecule has 0 aliphatic rings. The number of H-pyrrole nitrogens is 1. The average molecular weight is 442 g/mol. The van der Waals surface area contributed by atoms with Crippen molar-refractivity contribution in [3.8, 4) is 0 Å². The highest BCUT2D eigenvalue weighted by Crippen LogP contribution is 2.28. The summed E-state index contributed by atoms with van der Waals surface area (Å²) in [6, 6.07) is 10.5. The van der Waals surface area contributed by atoms with Gasteiger partial charge < -0.3 is 20.1 Å². The summed E-state index contributed by atoms with van der Waals surface area (Å²) in [7, 11) is 2.02. The lowest BCUT2D eigenvalue weighted by Gasteiger charge is -2.25. The molecule has 0 saturated heterocycles. The Labute approximate surface area is 192 Å². The summed E-state index contributed by atoms with van der Waals surface area (Å²) in [5, 5.41) is 3.78. The van der Waals surface area contributed by atoms with E-state index in [0.717, 1.165) is 68.2 Å². The van der Waals surface area contributed by atoms with Crippen LogP contribution in [-0.2, 0) is 6.42 Å². The van der Waals surface area contributed by atoms with Crippen molar-refractivity contribution in [1.82, 2.24) is 20.2 Å². The summed E-state index contributed by atoms with van der Waals surface area (Å²) < 4.78 is 0. The van der Waals surface area contributed by atoms with Crippen LogP contribution in [0, 0.1) is 0 Å². The second kappa shape index (κ2) is 12.9. The van der Waals surface area contributed by atoms with E-state index in [1.165, 1.54) is 12.0 Å². The molecule has 0 spiro atoms. The first kappa shape index (κ1) is 24.6. The van der Waals surface area contributed by atoms with Gasteiger partial charge in [-0.1, -0.05) is 69.8 Å². The van der Waals surface area contributed by atoms with Crippen molar-refractivity contribution < 1.29 is 0 Å². The van der Waals surface area contributed by atoms with E-state index in [9.17, 15) is 0 Å². The first-order valence-corrected chi connectivity index (χ1v) is 11.3. The molecule has 0 fully saturated rings. The Balaban J connectivity index is 1.87. The summed E-state index contributed by atoms with van der Waals surface area (Å²) >= 11 is 6.20. The smallest absolute Gasteiger partial charge is 0.202 e. The lowest BCUT2D eigenvalue weighted by molar-refractivity contribution is 0.471. The monoisotopic (exact) mass is 441 g/mol. The first-order valence-electron chi connectivity index (χ1n) is 11.0. The van der Waals surface area contributed by atoms with Gasteiger partial charge in [0, 0.05) is 32.4 Å². The molecular weight excluding hydrogens is 406 g/mol. The molecule has 0 aliphatic carbocycles. The van der Waals surface area contributed by atoms with Crippen molar-refractivity contribution in [1.29, 1.82) is 0 Å². The van der Waals surface area contributed by atoms with E-state index in [-0.39, 0.29) is 0 Å². The predicted octanol–water partition coefficient (Wildman–Crippen LogP) is 5.84. The number of nitrogens with zero attached hydrogens (tertiary/aromatic N) is 3. The third-order valence-corrected chi connectivity index (χ3v) is 5.46. The van der Waals surface area contributed by atoms with Crippen LogP contribution in [0.15, 0.2) is 62.0 Å². The Kier molecular flexibility index (Phi) is 10.2. The van der Waals surface area contributed by atoms with Gasteiger partial charge >= 0.3 is 0 Å². The molecule has 0 saturated carbocycles. The molecule has 5 nitrogen and oxygen atoms in total. The van der Waals surface area contributed by atoms with Crippen LogP contribution in [0.2, 0.25) is 5.28 Å². The number of benzene rings is 1. The number of imidazole rings is 1. The molecular formula is C25H36ClN5. The molecule has 2 rings (SSSR count). The Bertz CT molecular complexity index is 843. The molecule has 0 amide bonds. The number of aryl methyl sites for hydroxylation is 1. The summed E-state index contributed by atoms with van der Waals surface area (Å²) in [6.07, 6.45) is 7.11. The topological polar surface area (TPSA) is 47.2 Å². The highest BCUT2D eigenvalue weighted by Gasteiger charge is 2.19. The Morgan fingerprint density at radius 1 is 1.19 bits per heavy atom.